The maximum Gasteiger partial charge on any atom is 0.328 e. The zero-order valence-corrected chi connectivity index (χ0v) is 16.7. The van der Waals surface area contributed by atoms with Crippen molar-refractivity contribution in [2.75, 3.05) is 10.6 Å². The van der Waals surface area contributed by atoms with E-state index < -0.39 is 11.9 Å². The highest BCUT2D eigenvalue weighted by Gasteiger charge is 2.15. The molecule has 0 aromatic heterocycles. The molecule has 0 bridgehead atoms. The molecule has 0 radical (unpaired) electrons. The third-order valence-electron chi connectivity index (χ3n) is 3.65. The average Bonchev–Trinajstić information content (AvgIpc) is 2.59. The molecule has 0 fully saturated rings. The zero-order chi connectivity index (χ0) is 20.7. The predicted molar refractivity (Wildman–Crippen MR) is 112 cm³/mol. The van der Waals surface area contributed by atoms with Gasteiger partial charge < -0.3 is 15.7 Å². The number of hydrogen-bond acceptors (Lipinski definition) is 4. The third kappa shape index (κ3) is 6.92. The van der Waals surface area contributed by atoms with E-state index >= 15 is 0 Å². The number of amides is 2. The van der Waals surface area contributed by atoms with E-state index in [4.69, 9.17) is 5.11 Å². The van der Waals surface area contributed by atoms with Crippen LogP contribution in [0.1, 0.15) is 18.1 Å². The summed E-state index contributed by atoms with van der Waals surface area (Å²) in [4.78, 5) is 35.4. The third-order valence-corrected chi connectivity index (χ3v) is 4.74. The van der Waals surface area contributed by atoms with Gasteiger partial charge in [0.15, 0.2) is 0 Å². The van der Waals surface area contributed by atoms with Gasteiger partial charge in [-0.3, -0.25) is 9.59 Å². The molecular weight excluding hydrogens is 376 g/mol. The van der Waals surface area contributed by atoms with Crippen LogP contribution < -0.4 is 10.6 Å². The van der Waals surface area contributed by atoms with Crippen molar-refractivity contribution in [2.45, 2.75) is 30.9 Å². The highest BCUT2D eigenvalue weighted by atomic mass is 32.2. The van der Waals surface area contributed by atoms with E-state index in [9.17, 15) is 14.4 Å². The summed E-state index contributed by atoms with van der Waals surface area (Å²) in [7, 11) is 0. The Hall–Kier alpha value is -3.06. The fourth-order valence-corrected chi connectivity index (χ4v) is 3.45. The lowest BCUT2D eigenvalue weighted by Crippen LogP contribution is -2.22. The number of aryl methyl sites for hydroxylation is 2. The van der Waals surface area contributed by atoms with E-state index in [1.54, 1.807) is 18.2 Å². The number of carboxylic acids is 1. The van der Waals surface area contributed by atoms with Crippen molar-refractivity contribution >= 4 is 40.9 Å². The Balaban J connectivity index is 1.99. The van der Waals surface area contributed by atoms with Crippen LogP contribution in [0.2, 0.25) is 0 Å². The number of aliphatic carboxylic acids is 1. The van der Waals surface area contributed by atoms with Crippen LogP contribution >= 0.6 is 11.8 Å². The normalized spacial score (nSPS) is 11.8. The van der Waals surface area contributed by atoms with Gasteiger partial charge in [-0.2, -0.15) is 0 Å². The number of thioether (sulfide) groups is 1. The van der Waals surface area contributed by atoms with E-state index in [1.807, 2.05) is 45.0 Å². The number of nitrogens with one attached hydrogen (secondary N) is 2. The Morgan fingerprint density at radius 2 is 1.64 bits per heavy atom. The minimum Gasteiger partial charge on any atom is -0.478 e. The van der Waals surface area contributed by atoms with Gasteiger partial charge >= 0.3 is 5.97 Å². The van der Waals surface area contributed by atoms with Crippen molar-refractivity contribution in [3.63, 3.8) is 0 Å². The average molecular weight is 398 g/mol. The highest BCUT2D eigenvalue weighted by Crippen LogP contribution is 2.27. The Bertz CT molecular complexity index is 904. The van der Waals surface area contributed by atoms with Gasteiger partial charge in [-0.15, -0.1) is 11.8 Å². The second kappa shape index (κ2) is 9.75. The van der Waals surface area contributed by atoms with Gasteiger partial charge in [0.25, 0.3) is 0 Å². The van der Waals surface area contributed by atoms with Crippen LogP contribution in [0.15, 0.2) is 59.5 Å². The Morgan fingerprint density at radius 1 is 0.964 bits per heavy atom. The SMILES string of the molecule is Cc1cc(C)cc(NC(=O)C(C)Sc2cccc(NC(=O)/C=C/C(=O)O)c2)c1. The first kappa shape index (κ1) is 21.2. The Morgan fingerprint density at radius 3 is 2.29 bits per heavy atom. The zero-order valence-electron chi connectivity index (χ0n) is 15.9. The van der Waals surface area contributed by atoms with Crippen molar-refractivity contribution in [3.05, 3.63) is 65.7 Å². The van der Waals surface area contributed by atoms with Crippen LogP contribution in [0.3, 0.4) is 0 Å². The molecule has 2 amide bonds. The summed E-state index contributed by atoms with van der Waals surface area (Å²) < 4.78 is 0. The van der Waals surface area contributed by atoms with Gasteiger partial charge in [0.2, 0.25) is 11.8 Å². The topological polar surface area (TPSA) is 95.5 Å². The number of carboxylic acid groups (broad SMARTS) is 1. The van der Waals surface area contributed by atoms with Crippen LogP contribution in [-0.4, -0.2) is 28.1 Å². The van der Waals surface area contributed by atoms with Gasteiger partial charge in [-0.25, -0.2) is 4.79 Å². The minimum atomic E-state index is -1.19. The van der Waals surface area contributed by atoms with Gasteiger partial charge in [0.1, 0.15) is 0 Å². The van der Waals surface area contributed by atoms with Crippen LogP contribution in [0.4, 0.5) is 11.4 Å². The monoisotopic (exact) mass is 398 g/mol. The molecule has 3 N–H and O–H groups in total. The largest absolute Gasteiger partial charge is 0.478 e. The molecular formula is C21H22N2O4S. The van der Waals surface area contributed by atoms with E-state index in [-0.39, 0.29) is 11.2 Å². The van der Waals surface area contributed by atoms with Crippen LogP contribution in [0.5, 0.6) is 0 Å². The van der Waals surface area contributed by atoms with E-state index in [2.05, 4.69) is 10.6 Å². The van der Waals surface area contributed by atoms with E-state index in [0.717, 1.165) is 33.9 Å². The number of carbonyl (C=O) groups is 3. The fraction of sp³-hybridized carbons (Fsp3) is 0.190. The maximum absolute atomic E-state index is 12.5. The molecule has 0 spiro atoms. The molecule has 2 rings (SSSR count). The highest BCUT2D eigenvalue weighted by molar-refractivity contribution is 8.00. The van der Waals surface area contributed by atoms with Crippen molar-refractivity contribution in [3.8, 4) is 0 Å². The predicted octanol–water partition coefficient (Wildman–Crippen LogP) is 4.00. The lowest BCUT2D eigenvalue weighted by Gasteiger charge is -2.13. The summed E-state index contributed by atoms with van der Waals surface area (Å²) in [6, 6.07) is 12.9. The number of hydrogen-bond donors (Lipinski definition) is 3. The van der Waals surface area contributed by atoms with Crippen molar-refractivity contribution < 1.29 is 19.5 Å². The molecule has 0 saturated carbocycles. The lowest BCUT2D eigenvalue weighted by molar-refractivity contribution is -0.131. The fourth-order valence-electron chi connectivity index (χ4n) is 2.53. The van der Waals surface area contributed by atoms with E-state index in [1.165, 1.54) is 11.8 Å². The van der Waals surface area contributed by atoms with Gasteiger partial charge in [0.05, 0.1) is 5.25 Å². The molecule has 28 heavy (non-hydrogen) atoms. The first-order chi connectivity index (χ1) is 13.2. The molecule has 0 heterocycles. The number of benzene rings is 2. The minimum absolute atomic E-state index is 0.117. The van der Waals surface area contributed by atoms with Crippen molar-refractivity contribution in [1.29, 1.82) is 0 Å². The summed E-state index contributed by atoms with van der Waals surface area (Å²) >= 11 is 1.36. The second-order valence-corrected chi connectivity index (χ2v) is 7.73. The molecule has 0 saturated heterocycles. The first-order valence-corrected chi connectivity index (χ1v) is 9.49. The number of anilines is 2. The summed E-state index contributed by atoms with van der Waals surface area (Å²) in [5, 5.41) is 13.7. The molecule has 2 aromatic carbocycles. The molecule has 146 valence electrons. The summed E-state index contributed by atoms with van der Waals surface area (Å²) in [5.41, 5.74) is 3.44. The molecule has 6 nitrogen and oxygen atoms in total. The molecule has 0 aliphatic rings. The first-order valence-electron chi connectivity index (χ1n) is 8.61. The summed E-state index contributed by atoms with van der Waals surface area (Å²) in [6.45, 7) is 5.77. The Labute approximate surface area is 168 Å². The second-order valence-electron chi connectivity index (χ2n) is 6.31. The maximum atomic E-state index is 12.5. The molecule has 7 heteroatoms. The molecule has 2 aromatic rings. The number of rotatable bonds is 7. The quantitative estimate of drug-likeness (QED) is 0.484. The van der Waals surface area contributed by atoms with Gasteiger partial charge in [-0.1, -0.05) is 12.1 Å². The molecule has 1 atom stereocenters. The van der Waals surface area contributed by atoms with Crippen LogP contribution in [0.25, 0.3) is 0 Å². The summed E-state index contributed by atoms with van der Waals surface area (Å²) in [6.07, 6.45) is 1.72. The van der Waals surface area contributed by atoms with Gasteiger partial charge in [0, 0.05) is 28.4 Å². The van der Waals surface area contributed by atoms with Crippen molar-refractivity contribution in [1.82, 2.24) is 0 Å². The van der Waals surface area contributed by atoms with Crippen LogP contribution in [0, 0.1) is 13.8 Å². The molecule has 1 unspecified atom stereocenters. The standard InChI is InChI=1S/C21H22N2O4S/c1-13-9-14(2)11-17(10-13)23-21(27)15(3)28-18-6-4-5-16(12-18)22-19(24)7-8-20(25)26/h4-12,15H,1-3H3,(H,22,24)(H,23,27)(H,25,26)/b8-7+. The lowest BCUT2D eigenvalue weighted by atomic mass is 10.1. The smallest absolute Gasteiger partial charge is 0.328 e. The summed E-state index contributed by atoms with van der Waals surface area (Å²) in [5.74, 6) is -1.85. The van der Waals surface area contributed by atoms with Gasteiger partial charge in [-0.05, 0) is 62.2 Å². The molecule has 0 aliphatic carbocycles. The van der Waals surface area contributed by atoms with E-state index in [0.29, 0.717) is 5.69 Å². The molecule has 0 aliphatic heterocycles. The Kier molecular flexibility index (Phi) is 7.40. The van der Waals surface area contributed by atoms with Crippen LogP contribution in [-0.2, 0) is 14.4 Å². The van der Waals surface area contributed by atoms with Crippen molar-refractivity contribution in [2.24, 2.45) is 0 Å². The number of carbonyl (C=O) groups excluding carboxylic acids is 2.